The topological polar surface area (TPSA) is 122 Å². The number of carboxylic acid groups (broad SMARTS) is 1. The zero-order valence-electron chi connectivity index (χ0n) is 12.7. The Kier molecular flexibility index (Phi) is 4.43. The third-order valence-corrected chi connectivity index (χ3v) is 5.64. The number of nitrogens with zero attached hydrogens (tertiary/aromatic N) is 3. The van der Waals surface area contributed by atoms with Gasteiger partial charge in [-0.15, -0.1) is 0 Å². The summed E-state index contributed by atoms with van der Waals surface area (Å²) in [7, 11) is -2.91. The molecule has 3 rings (SSSR count). The van der Waals surface area contributed by atoms with Crippen molar-refractivity contribution < 1.29 is 18.3 Å². The van der Waals surface area contributed by atoms with Gasteiger partial charge in [0.1, 0.15) is 0 Å². The Morgan fingerprint density at radius 1 is 1.25 bits per heavy atom. The highest BCUT2D eigenvalue weighted by Gasteiger charge is 2.27. The van der Waals surface area contributed by atoms with Crippen LogP contribution in [0.25, 0.3) is 11.4 Å². The van der Waals surface area contributed by atoms with Gasteiger partial charge in [0.15, 0.2) is 9.84 Å². The number of nitrogens with one attached hydrogen (secondary N) is 1. The van der Waals surface area contributed by atoms with Crippen LogP contribution < -0.4 is 5.32 Å². The van der Waals surface area contributed by atoms with E-state index in [4.69, 9.17) is 5.11 Å². The number of hydrogen-bond acceptors (Lipinski definition) is 7. The lowest BCUT2D eigenvalue weighted by Crippen LogP contribution is -2.17. The van der Waals surface area contributed by atoms with Crippen LogP contribution in [-0.4, -0.2) is 52.5 Å². The molecule has 0 aromatic carbocycles. The summed E-state index contributed by atoms with van der Waals surface area (Å²) >= 11 is 0. The summed E-state index contributed by atoms with van der Waals surface area (Å²) < 4.78 is 22.9. The van der Waals surface area contributed by atoms with Crippen molar-refractivity contribution in [2.24, 2.45) is 5.92 Å². The maximum Gasteiger partial charge on any atom is 0.335 e. The molecule has 1 saturated heterocycles. The molecule has 2 aromatic heterocycles. The highest BCUT2D eigenvalue weighted by molar-refractivity contribution is 7.91. The van der Waals surface area contributed by atoms with Crippen LogP contribution in [0.2, 0.25) is 0 Å². The summed E-state index contributed by atoms with van der Waals surface area (Å²) in [6, 6.07) is 4.49. The van der Waals surface area contributed by atoms with Gasteiger partial charge in [0.05, 0.1) is 28.5 Å². The van der Waals surface area contributed by atoms with Crippen molar-refractivity contribution in [1.29, 1.82) is 0 Å². The maximum atomic E-state index is 11.5. The molecule has 24 heavy (non-hydrogen) atoms. The van der Waals surface area contributed by atoms with E-state index >= 15 is 0 Å². The summed E-state index contributed by atoms with van der Waals surface area (Å²) in [5, 5.41) is 12.1. The Morgan fingerprint density at radius 3 is 2.75 bits per heavy atom. The van der Waals surface area contributed by atoms with Crippen molar-refractivity contribution >= 4 is 21.8 Å². The van der Waals surface area contributed by atoms with E-state index in [2.05, 4.69) is 20.3 Å². The van der Waals surface area contributed by atoms with Crippen molar-refractivity contribution in [1.82, 2.24) is 15.0 Å². The molecule has 0 radical (unpaired) electrons. The Balaban J connectivity index is 1.72. The number of anilines is 1. The second-order valence-corrected chi connectivity index (χ2v) is 7.88. The van der Waals surface area contributed by atoms with Gasteiger partial charge in [-0.1, -0.05) is 0 Å². The normalized spacial score (nSPS) is 19.1. The van der Waals surface area contributed by atoms with Crippen LogP contribution in [0.5, 0.6) is 0 Å². The van der Waals surface area contributed by atoms with Crippen LogP contribution in [0.4, 0.5) is 5.95 Å². The monoisotopic (exact) mass is 348 g/mol. The van der Waals surface area contributed by atoms with Gasteiger partial charge in [-0.2, -0.15) is 0 Å². The lowest BCUT2D eigenvalue weighted by molar-refractivity contribution is 0.0697. The highest BCUT2D eigenvalue weighted by atomic mass is 32.2. The number of rotatable bonds is 5. The van der Waals surface area contributed by atoms with E-state index in [0.717, 1.165) is 0 Å². The van der Waals surface area contributed by atoms with Crippen LogP contribution >= 0.6 is 0 Å². The Morgan fingerprint density at radius 2 is 2.04 bits per heavy atom. The van der Waals surface area contributed by atoms with Gasteiger partial charge < -0.3 is 10.4 Å². The molecule has 1 aliphatic rings. The Hall–Kier alpha value is -2.55. The molecule has 0 spiro atoms. The van der Waals surface area contributed by atoms with E-state index < -0.39 is 15.8 Å². The fourth-order valence-electron chi connectivity index (χ4n) is 2.56. The number of aromatic nitrogens is 3. The second kappa shape index (κ2) is 6.52. The number of carbonyl (C=O) groups is 1. The first-order valence-corrected chi connectivity index (χ1v) is 9.22. The van der Waals surface area contributed by atoms with E-state index in [1.807, 2.05) is 0 Å². The molecule has 2 aromatic rings. The number of hydrogen-bond donors (Lipinski definition) is 2. The molecule has 0 bridgehead atoms. The minimum atomic E-state index is -2.91. The third-order valence-electron chi connectivity index (χ3n) is 3.80. The summed E-state index contributed by atoms with van der Waals surface area (Å²) in [5.41, 5.74) is 1.06. The highest BCUT2D eigenvalue weighted by Crippen LogP contribution is 2.20. The molecular weight excluding hydrogens is 332 g/mol. The van der Waals surface area contributed by atoms with Gasteiger partial charge >= 0.3 is 5.97 Å². The molecule has 2 N–H and O–H groups in total. The van der Waals surface area contributed by atoms with E-state index in [9.17, 15) is 13.2 Å². The van der Waals surface area contributed by atoms with E-state index in [1.165, 1.54) is 18.3 Å². The smallest absolute Gasteiger partial charge is 0.335 e. The molecule has 8 nitrogen and oxygen atoms in total. The first-order chi connectivity index (χ1) is 11.4. The van der Waals surface area contributed by atoms with Crippen molar-refractivity contribution in [3.8, 4) is 11.4 Å². The van der Waals surface area contributed by atoms with Gasteiger partial charge in [0, 0.05) is 18.9 Å². The molecule has 0 unspecified atom stereocenters. The fraction of sp³-hybridized carbons (Fsp3) is 0.333. The first kappa shape index (κ1) is 16.3. The first-order valence-electron chi connectivity index (χ1n) is 7.40. The molecule has 1 aliphatic heterocycles. The minimum absolute atomic E-state index is 0.0516. The predicted octanol–water partition coefficient (Wildman–Crippen LogP) is 1.08. The van der Waals surface area contributed by atoms with Crippen molar-refractivity contribution in [2.45, 2.75) is 6.42 Å². The molecule has 0 amide bonds. The average molecular weight is 348 g/mol. The summed E-state index contributed by atoms with van der Waals surface area (Å²) in [6.07, 6.45) is 3.60. The molecule has 1 atom stereocenters. The van der Waals surface area contributed by atoms with E-state index in [1.54, 1.807) is 12.3 Å². The maximum absolute atomic E-state index is 11.5. The number of sulfone groups is 1. The van der Waals surface area contributed by atoms with E-state index in [0.29, 0.717) is 30.3 Å². The Labute approximate surface area is 138 Å². The summed E-state index contributed by atoms with van der Waals surface area (Å²) in [5.74, 6) is -0.211. The van der Waals surface area contributed by atoms with Crippen LogP contribution in [0.15, 0.2) is 30.6 Å². The predicted molar refractivity (Wildman–Crippen MR) is 87.5 cm³/mol. The molecular formula is C15H16N4O4S. The lowest BCUT2D eigenvalue weighted by Gasteiger charge is -2.10. The van der Waals surface area contributed by atoms with Gasteiger partial charge in [0.25, 0.3) is 0 Å². The SMILES string of the molecule is O=C(O)c1ccnc(-c2ccnc(NC[C@H]3CCS(=O)(=O)C3)n2)c1. The van der Waals surface area contributed by atoms with Crippen LogP contribution in [0.3, 0.4) is 0 Å². The zero-order chi connectivity index (χ0) is 17.2. The quantitative estimate of drug-likeness (QED) is 0.823. The van der Waals surface area contributed by atoms with E-state index in [-0.39, 0.29) is 23.0 Å². The molecule has 1 fully saturated rings. The molecule has 0 aliphatic carbocycles. The van der Waals surface area contributed by atoms with Crippen molar-refractivity contribution in [2.75, 3.05) is 23.4 Å². The van der Waals surface area contributed by atoms with Gasteiger partial charge in [-0.05, 0) is 30.5 Å². The largest absolute Gasteiger partial charge is 0.478 e. The molecule has 3 heterocycles. The number of pyridine rings is 1. The zero-order valence-corrected chi connectivity index (χ0v) is 13.5. The van der Waals surface area contributed by atoms with Crippen molar-refractivity contribution in [3.05, 3.63) is 36.2 Å². The molecule has 9 heteroatoms. The summed E-state index contributed by atoms with van der Waals surface area (Å²) in [6.45, 7) is 0.477. The Bertz CT molecular complexity index is 869. The molecule has 0 saturated carbocycles. The van der Waals surface area contributed by atoms with Gasteiger partial charge in [0.2, 0.25) is 5.95 Å². The second-order valence-electron chi connectivity index (χ2n) is 5.65. The van der Waals surface area contributed by atoms with Gasteiger partial charge in [-0.3, -0.25) is 4.98 Å². The number of carboxylic acids is 1. The van der Waals surface area contributed by atoms with Crippen LogP contribution in [0.1, 0.15) is 16.8 Å². The molecule has 126 valence electrons. The standard InChI is InChI=1S/C15H16N4O4S/c20-14(21)11-1-4-16-13(7-11)12-2-5-17-15(19-12)18-8-10-3-6-24(22,23)9-10/h1-2,4-5,7,10H,3,6,8-9H2,(H,20,21)(H,17,18,19)/t10-/m1/s1. The summed E-state index contributed by atoms with van der Waals surface area (Å²) in [4.78, 5) is 23.6. The average Bonchev–Trinajstić information content (AvgIpc) is 2.92. The van der Waals surface area contributed by atoms with Gasteiger partial charge in [-0.25, -0.2) is 23.2 Å². The minimum Gasteiger partial charge on any atom is -0.478 e. The number of aromatic carboxylic acids is 1. The van der Waals surface area contributed by atoms with Crippen LogP contribution in [0, 0.1) is 5.92 Å². The lowest BCUT2D eigenvalue weighted by atomic mass is 10.1. The third kappa shape index (κ3) is 3.85. The van der Waals surface area contributed by atoms with Crippen LogP contribution in [-0.2, 0) is 9.84 Å². The van der Waals surface area contributed by atoms with Crippen molar-refractivity contribution in [3.63, 3.8) is 0 Å². The fourth-order valence-corrected chi connectivity index (χ4v) is 4.42.